The number of aliphatic hydroxyl groups excluding tert-OH is 1. The molecule has 2 heteroatoms. The molecule has 0 amide bonds. The third kappa shape index (κ3) is 20.9. The quantitative estimate of drug-likeness (QED) is 0.117. The van der Waals surface area contributed by atoms with Crippen LogP contribution in [0, 0.1) is 5.92 Å². The molecule has 0 heterocycles. The van der Waals surface area contributed by atoms with Crippen molar-refractivity contribution in [3.05, 3.63) is 0 Å². The Labute approximate surface area is 190 Å². The average molecular weight is 425 g/mol. The molecule has 30 heavy (non-hydrogen) atoms. The maximum Gasteiger partial charge on any atom is 0.125 e. The first kappa shape index (κ1) is 29.6. The zero-order chi connectivity index (χ0) is 22.1. The van der Waals surface area contributed by atoms with E-state index in [1.54, 1.807) is 0 Å². The van der Waals surface area contributed by atoms with Crippen molar-refractivity contribution >= 4 is 6.29 Å². The topological polar surface area (TPSA) is 37.3 Å². The lowest BCUT2D eigenvalue weighted by Gasteiger charge is -2.17. The Morgan fingerprint density at radius 2 is 0.800 bits per heavy atom. The number of carbonyl (C=O) groups excluding carboxylic acids is 1. The molecular formula is C28H56O2. The lowest BCUT2D eigenvalue weighted by atomic mass is 9.92. The Hall–Kier alpha value is -0.370. The molecule has 0 aromatic heterocycles. The Bertz CT molecular complexity index is 329. The van der Waals surface area contributed by atoms with Gasteiger partial charge in [0.05, 0.1) is 6.10 Å². The van der Waals surface area contributed by atoms with Crippen molar-refractivity contribution < 1.29 is 9.90 Å². The number of unbranched alkanes of at least 4 members (excludes halogenated alkanes) is 19. The maximum absolute atomic E-state index is 11.4. The first-order valence-corrected chi connectivity index (χ1v) is 13.9. The summed E-state index contributed by atoms with van der Waals surface area (Å²) in [4.78, 5) is 11.4. The van der Waals surface area contributed by atoms with Gasteiger partial charge in [-0.05, 0) is 12.8 Å². The van der Waals surface area contributed by atoms with Gasteiger partial charge in [0.15, 0.2) is 0 Å². The van der Waals surface area contributed by atoms with Gasteiger partial charge in [-0.3, -0.25) is 0 Å². The standard InChI is InChI=1S/C28H56O2/c1-3-5-7-9-11-13-15-17-19-21-23-25-28(30)27(26-29)24-22-20-18-16-14-12-10-8-6-4-2/h26-28,30H,3-25H2,1-2H3. The smallest absolute Gasteiger partial charge is 0.125 e. The fourth-order valence-corrected chi connectivity index (χ4v) is 4.45. The summed E-state index contributed by atoms with van der Waals surface area (Å²) in [7, 11) is 0. The van der Waals surface area contributed by atoms with Crippen LogP contribution in [-0.2, 0) is 4.79 Å². The van der Waals surface area contributed by atoms with Crippen LogP contribution in [0.4, 0.5) is 0 Å². The van der Waals surface area contributed by atoms with Crippen molar-refractivity contribution in [3.8, 4) is 0 Å². The Morgan fingerprint density at radius 3 is 1.13 bits per heavy atom. The van der Waals surface area contributed by atoms with E-state index in [1.165, 1.54) is 122 Å². The minimum Gasteiger partial charge on any atom is -0.392 e. The van der Waals surface area contributed by atoms with E-state index >= 15 is 0 Å². The van der Waals surface area contributed by atoms with Crippen LogP contribution in [0.1, 0.15) is 162 Å². The first-order valence-electron chi connectivity index (χ1n) is 13.9. The van der Waals surface area contributed by atoms with Crippen molar-refractivity contribution in [2.45, 2.75) is 168 Å². The summed E-state index contributed by atoms with van der Waals surface area (Å²) in [5.74, 6) is -0.137. The summed E-state index contributed by atoms with van der Waals surface area (Å²) in [5.41, 5.74) is 0. The zero-order valence-electron chi connectivity index (χ0n) is 20.9. The predicted molar refractivity (Wildman–Crippen MR) is 133 cm³/mol. The summed E-state index contributed by atoms with van der Waals surface area (Å²) in [6, 6.07) is 0. The van der Waals surface area contributed by atoms with Crippen LogP contribution in [-0.4, -0.2) is 17.5 Å². The number of carbonyl (C=O) groups is 1. The monoisotopic (exact) mass is 424 g/mol. The van der Waals surface area contributed by atoms with Gasteiger partial charge in [-0.1, -0.05) is 149 Å². The zero-order valence-corrected chi connectivity index (χ0v) is 20.9. The maximum atomic E-state index is 11.4. The molecule has 0 radical (unpaired) electrons. The van der Waals surface area contributed by atoms with Gasteiger partial charge in [0, 0.05) is 5.92 Å². The van der Waals surface area contributed by atoms with Gasteiger partial charge in [0.25, 0.3) is 0 Å². The van der Waals surface area contributed by atoms with E-state index < -0.39 is 6.10 Å². The van der Waals surface area contributed by atoms with Crippen LogP contribution < -0.4 is 0 Å². The van der Waals surface area contributed by atoms with Gasteiger partial charge < -0.3 is 9.90 Å². The number of aldehydes is 1. The molecule has 0 fully saturated rings. The average Bonchev–Trinajstić information content (AvgIpc) is 2.75. The second-order valence-electron chi connectivity index (χ2n) is 9.66. The fraction of sp³-hybridized carbons (Fsp3) is 0.964. The van der Waals surface area contributed by atoms with Crippen molar-refractivity contribution in [2.75, 3.05) is 0 Å². The van der Waals surface area contributed by atoms with Gasteiger partial charge in [-0.25, -0.2) is 0 Å². The molecule has 0 spiro atoms. The molecule has 2 unspecified atom stereocenters. The van der Waals surface area contributed by atoms with Gasteiger partial charge in [0.1, 0.15) is 6.29 Å². The van der Waals surface area contributed by atoms with E-state index in [9.17, 15) is 9.90 Å². The highest BCUT2D eigenvalue weighted by Crippen LogP contribution is 2.19. The van der Waals surface area contributed by atoms with Crippen LogP contribution in [0.3, 0.4) is 0 Å². The number of hydrogen-bond donors (Lipinski definition) is 1. The Morgan fingerprint density at radius 1 is 0.500 bits per heavy atom. The van der Waals surface area contributed by atoms with Crippen LogP contribution in [0.25, 0.3) is 0 Å². The second kappa shape index (κ2) is 24.9. The van der Waals surface area contributed by atoms with Gasteiger partial charge >= 0.3 is 0 Å². The molecule has 180 valence electrons. The number of rotatable bonds is 25. The third-order valence-corrected chi connectivity index (χ3v) is 6.66. The molecular weight excluding hydrogens is 368 g/mol. The molecule has 0 bridgehead atoms. The van der Waals surface area contributed by atoms with Crippen molar-refractivity contribution in [1.82, 2.24) is 0 Å². The van der Waals surface area contributed by atoms with E-state index in [0.717, 1.165) is 32.0 Å². The molecule has 0 aliphatic heterocycles. The van der Waals surface area contributed by atoms with Crippen molar-refractivity contribution in [3.63, 3.8) is 0 Å². The summed E-state index contributed by atoms with van der Waals surface area (Å²) in [6.07, 6.45) is 30.0. The first-order chi connectivity index (χ1) is 14.8. The van der Waals surface area contributed by atoms with Gasteiger partial charge in [-0.15, -0.1) is 0 Å². The normalized spacial score (nSPS) is 13.4. The Balaban J connectivity index is 3.46. The second-order valence-corrected chi connectivity index (χ2v) is 9.66. The molecule has 2 nitrogen and oxygen atoms in total. The number of hydrogen-bond acceptors (Lipinski definition) is 2. The lowest BCUT2D eigenvalue weighted by Crippen LogP contribution is -2.21. The van der Waals surface area contributed by atoms with Gasteiger partial charge in [0.2, 0.25) is 0 Å². The van der Waals surface area contributed by atoms with Crippen molar-refractivity contribution in [2.24, 2.45) is 5.92 Å². The third-order valence-electron chi connectivity index (χ3n) is 6.66. The van der Waals surface area contributed by atoms with E-state index in [0.29, 0.717) is 0 Å². The van der Waals surface area contributed by atoms with Crippen LogP contribution in [0.15, 0.2) is 0 Å². The van der Waals surface area contributed by atoms with Crippen LogP contribution >= 0.6 is 0 Å². The molecule has 0 aliphatic rings. The molecule has 0 rings (SSSR count). The largest absolute Gasteiger partial charge is 0.392 e. The predicted octanol–water partition coefficient (Wildman–Crippen LogP) is 9.17. The molecule has 0 saturated heterocycles. The minimum absolute atomic E-state index is 0.137. The molecule has 2 atom stereocenters. The molecule has 0 aromatic carbocycles. The molecule has 0 aromatic rings. The highest BCUT2D eigenvalue weighted by Gasteiger charge is 2.17. The molecule has 0 saturated carbocycles. The van der Waals surface area contributed by atoms with Crippen LogP contribution in [0.2, 0.25) is 0 Å². The molecule has 1 N–H and O–H groups in total. The molecule has 0 aliphatic carbocycles. The SMILES string of the molecule is CCCCCCCCCCCCCC(O)C(C=O)CCCCCCCCCCCC. The van der Waals surface area contributed by atoms with E-state index in [1.807, 2.05) is 0 Å². The highest BCUT2D eigenvalue weighted by atomic mass is 16.3. The van der Waals surface area contributed by atoms with Crippen molar-refractivity contribution in [1.29, 1.82) is 0 Å². The fourth-order valence-electron chi connectivity index (χ4n) is 4.45. The summed E-state index contributed by atoms with van der Waals surface area (Å²) in [5, 5.41) is 10.4. The summed E-state index contributed by atoms with van der Waals surface area (Å²) < 4.78 is 0. The van der Waals surface area contributed by atoms with E-state index in [2.05, 4.69) is 13.8 Å². The lowest BCUT2D eigenvalue weighted by molar-refractivity contribution is -0.114. The highest BCUT2D eigenvalue weighted by molar-refractivity contribution is 5.54. The summed E-state index contributed by atoms with van der Waals surface area (Å²) in [6.45, 7) is 4.54. The summed E-state index contributed by atoms with van der Waals surface area (Å²) >= 11 is 0. The van der Waals surface area contributed by atoms with E-state index in [-0.39, 0.29) is 5.92 Å². The van der Waals surface area contributed by atoms with E-state index in [4.69, 9.17) is 0 Å². The van der Waals surface area contributed by atoms with Crippen LogP contribution in [0.5, 0.6) is 0 Å². The van der Waals surface area contributed by atoms with Gasteiger partial charge in [-0.2, -0.15) is 0 Å². The Kier molecular flexibility index (Phi) is 24.6. The minimum atomic E-state index is -0.417. The number of aliphatic hydroxyl groups is 1.